The van der Waals surface area contributed by atoms with E-state index in [0.29, 0.717) is 5.75 Å². The first kappa shape index (κ1) is 8.88. The SMILES string of the molecule is C=CC[S+]([O-])C1=CCCCC1. The van der Waals surface area contributed by atoms with E-state index in [4.69, 9.17) is 0 Å². The molecule has 0 amide bonds. The second kappa shape index (κ2) is 4.62. The van der Waals surface area contributed by atoms with Crippen LogP contribution in [0.15, 0.2) is 23.6 Å². The topological polar surface area (TPSA) is 23.1 Å². The van der Waals surface area contributed by atoms with E-state index in [1.807, 2.05) is 0 Å². The van der Waals surface area contributed by atoms with E-state index in [0.717, 1.165) is 17.7 Å². The van der Waals surface area contributed by atoms with Gasteiger partial charge in [-0.3, -0.25) is 0 Å². The zero-order chi connectivity index (χ0) is 8.10. The average molecular weight is 170 g/mol. The molecule has 1 unspecified atom stereocenters. The van der Waals surface area contributed by atoms with Crippen LogP contribution in [-0.2, 0) is 11.2 Å². The number of hydrogen-bond acceptors (Lipinski definition) is 1. The zero-order valence-electron chi connectivity index (χ0n) is 6.71. The maximum absolute atomic E-state index is 11.4. The zero-order valence-corrected chi connectivity index (χ0v) is 7.53. The monoisotopic (exact) mass is 170 g/mol. The van der Waals surface area contributed by atoms with Gasteiger partial charge in [-0.05, 0) is 42.6 Å². The van der Waals surface area contributed by atoms with Crippen molar-refractivity contribution in [2.45, 2.75) is 25.7 Å². The number of allylic oxidation sites excluding steroid dienone is 2. The fourth-order valence-corrected chi connectivity index (χ4v) is 2.33. The van der Waals surface area contributed by atoms with Gasteiger partial charge in [0.1, 0.15) is 10.7 Å². The van der Waals surface area contributed by atoms with Crippen molar-refractivity contribution in [3.8, 4) is 0 Å². The van der Waals surface area contributed by atoms with Gasteiger partial charge in [0.2, 0.25) is 0 Å². The highest BCUT2D eigenvalue weighted by atomic mass is 32.2. The summed E-state index contributed by atoms with van der Waals surface area (Å²) in [6, 6.07) is 0. The quantitative estimate of drug-likeness (QED) is 0.471. The Labute approximate surface area is 71.4 Å². The van der Waals surface area contributed by atoms with E-state index < -0.39 is 11.2 Å². The van der Waals surface area contributed by atoms with Crippen LogP contribution in [0.25, 0.3) is 0 Å². The third kappa shape index (κ3) is 2.72. The van der Waals surface area contributed by atoms with Crippen LogP contribution in [0.5, 0.6) is 0 Å². The van der Waals surface area contributed by atoms with E-state index in [1.54, 1.807) is 6.08 Å². The van der Waals surface area contributed by atoms with Crippen molar-refractivity contribution in [1.82, 2.24) is 0 Å². The molecule has 0 aromatic heterocycles. The summed E-state index contributed by atoms with van der Waals surface area (Å²) >= 11 is -0.763. The highest BCUT2D eigenvalue weighted by molar-refractivity contribution is 7.95. The van der Waals surface area contributed by atoms with Gasteiger partial charge < -0.3 is 4.55 Å². The Morgan fingerprint density at radius 3 is 3.00 bits per heavy atom. The molecule has 0 aliphatic heterocycles. The van der Waals surface area contributed by atoms with Crippen molar-refractivity contribution in [3.05, 3.63) is 23.6 Å². The molecule has 0 spiro atoms. The molecule has 0 aromatic rings. The summed E-state index contributed by atoms with van der Waals surface area (Å²) in [5.74, 6) is 0.617. The third-order valence-corrected chi connectivity index (χ3v) is 3.31. The Morgan fingerprint density at radius 2 is 2.45 bits per heavy atom. The maximum atomic E-state index is 11.4. The molecule has 0 aromatic carbocycles. The fourth-order valence-electron chi connectivity index (χ4n) is 1.23. The molecule has 1 atom stereocenters. The molecule has 0 saturated carbocycles. The lowest BCUT2D eigenvalue weighted by molar-refractivity contribution is 0.597. The molecule has 0 bridgehead atoms. The maximum Gasteiger partial charge on any atom is 0.128 e. The van der Waals surface area contributed by atoms with Crippen molar-refractivity contribution in [2.75, 3.05) is 5.75 Å². The lowest BCUT2D eigenvalue weighted by Crippen LogP contribution is -2.09. The lowest BCUT2D eigenvalue weighted by atomic mass is 10.1. The van der Waals surface area contributed by atoms with Crippen LogP contribution in [0.3, 0.4) is 0 Å². The minimum Gasteiger partial charge on any atom is -0.611 e. The van der Waals surface area contributed by atoms with Crippen molar-refractivity contribution in [3.63, 3.8) is 0 Å². The number of rotatable bonds is 3. The van der Waals surface area contributed by atoms with Gasteiger partial charge in [-0.1, -0.05) is 6.58 Å². The Kier molecular flexibility index (Phi) is 3.73. The molecule has 11 heavy (non-hydrogen) atoms. The lowest BCUT2D eigenvalue weighted by Gasteiger charge is -2.15. The first-order valence-corrected chi connectivity index (χ1v) is 5.35. The predicted octanol–water partition coefficient (Wildman–Crippen LogP) is 2.38. The van der Waals surface area contributed by atoms with E-state index in [9.17, 15) is 4.55 Å². The Bertz CT molecular complexity index is 163. The molecule has 0 heterocycles. The van der Waals surface area contributed by atoms with Gasteiger partial charge in [0.05, 0.1) is 0 Å². The van der Waals surface area contributed by atoms with Gasteiger partial charge in [-0.15, -0.1) is 0 Å². The minimum atomic E-state index is -0.763. The van der Waals surface area contributed by atoms with Crippen LogP contribution in [0.1, 0.15) is 25.7 Å². The average Bonchev–Trinajstić information content (AvgIpc) is 2.07. The van der Waals surface area contributed by atoms with E-state index in [1.165, 1.54) is 12.8 Å². The Hall–Kier alpha value is -0.210. The summed E-state index contributed by atoms with van der Waals surface area (Å²) in [4.78, 5) is 1.14. The van der Waals surface area contributed by atoms with Crippen LogP contribution in [0.4, 0.5) is 0 Å². The summed E-state index contributed by atoms with van der Waals surface area (Å²) in [5.41, 5.74) is 0. The van der Waals surface area contributed by atoms with E-state index in [2.05, 4.69) is 12.7 Å². The van der Waals surface area contributed by atoms with Crippen LogP contribution >= 0.6 is 0 Å². The minimum absolute atomic E-state index is 0.617. The van der Waals surface area contributed by atoms with Crippen LogP contribution < -0.4 is 0 Å². The van der Waals surface area contributed by atoms with Gasteiger partial charge in [0, 0.05) is 6.42 Å². The van der Waals surface area contributed by atoms with Crippen LogP contribution in [0.2, 0.25) is 0 Å². The molecule has 1 rings (SSSR count). The highest BCUT2D eigenvalue weighted by Crippen LogP contribution is 2.22. The molecule has 0 N–H and O–H groups in total. The second-order valence-corrected chi connectivity index (χ2v) is 4.27. The smallest absolute Gasteiger partial charge is 0.128 e. The molecule has 1 aliphatic rings. The molecule has 1 nitrogen and oxygen atoms in total. The fraction of sp³-hybridized carbons (Fsp3) is 0.556. The van der Waals surface area contributed by atoms with Crippen molar-refractivity contribution < 1.29 is 4.55 Å². The van der Waals surface area contributed by atoms with Crippen molar-refractivity contribution in [1.29, 1.82) is 0 Å². The molecular weight excluding hydrogens is 156 g/mol. The summed E-state index contributed by atoms with van der Waals surface area (Å²) in [6.07, 6.45) is 8.46. The molecule has 0 saturated heterocycles. The molecule has 0 fully saturated rings. The van der Waals surface area contributed by atoms with Crippen LogP contribution in [0, 0.1) is 0 Å². The van der Waals surface area contributed by atoms with Crippen molar-refractivity contribution in [2.24, 2.45) is 0 Å². The van der Waals surface area contributed by atoms with E-state index >= 15 is 0 Å². The van der Waals surface area contributed by atoms with Crippen molar-refractivity contribution >= 4 is 11.2 Å². The van der Waals surface area contributed by atoms with Crippen LogP contribution in [-0.4, -0.2) is 10.3 Å². The largest absolute Gasteiger partial charge is 0.611 e. The van der Waals surface area contributed by atoms with Gasteiger partial charge in [-0.25, -0.2) is 0 Å². The molecule has 1 aliphatic carbocycles. The Morgan fingerprint density at radius 1 is 1.64 bits per heavy atom. The summed E-state index contributed by atoms with van der Waals surface area (Å²) in [6.45, 7) is 3.58. The van der Waals surface area contributed by atoms with Gasteiger partial charge >= 0.3 is 0 Å². The number of hydrogen-bond donors (Lipinski definition) is 0. The van der Waals surface area contributed by atoms with Gasteiger partial charge in [0.25, 0.3) is 0 Å². The normalized spacial score (nSPS) is 20.6. The summed E-state index contributed by atoms with van der Waals surface area (Å²) in [5, 5.41) is 0. The standard InChI is InChI=1S/C9H14OS/c1-2-8-11(10)9-6-4-3-5-7-9/h2,6H,1,3-5,7-8H2. The van der Waals surface area contributed by atoms with Gasteiger partial charge in [0.15, 0.2) is 0 Å². The first-order chi connectivity index (χ1) is 5.34. The first-order valence-electron chi connectivity index (χ1n) is 4.03. The molecule has 62 valence electrons. The molecular formula is C9H14OS. The molecule has 2 heteroatoms. The third-order valence-electron chi connectivity index (χ3n) is 1.81. The van der Waals surface area contributed by atoms with E-state index in [-0.39, 0.29) is 0 Å². The molecule has 0 radical (unpaired) electrons. The second-order valence-electron chi connectivity index (χ2n) is 2.72. The summed E-state index contributed by atoms with van der Waals surface area (Å²) in [7, 11) is 0. The highest BCUT2D eigenvalue weighted by Gasteiger charge is 2.14. The Balaban J connectivity index is 2.43. The predicted molar refractivity (Wildman–Crippen MR) is 49.8 cm³/mol. The van der Waals surface area contributed by atoms with Gasteiger partial charge in [-0.2, -0.15) is 0 Å². The summed E-state index contributed by atoms with van der Waals surface area (Å²) < 4.78 is 11.4.